The molecule has 3 aromatic rings. The molecule has 170 valence electrons. The van der Waals surface area contributed by atoms with E-state index in [9.17, 15) is 5.11 Å². The summed E-state index contributed by atoms with van der Waals surface area (Å²) in [5, 5.41) is 38.9. The minimum atomic E-state index is -1.05. The molecule has 5 rings (SSSR count). The van der Waals surface area contributed by atoms with E-state index in [1.165, 1.54) is 16.9 Å². The van der Waals surface area contributed by atoms with Gasteiger partial charge in [0, 0.05) is 24.2 Å². The van der Waals surface area contributed by atoms with E-state index >= 15 is 4.39 Å². The molecule has 11 heteroatoms. The fourth-order valence-corrected chi connectivity index (χ4v) is 5.05. The number of aromatic nitrogens is 6. The second-order valence-corrected chi connectivity index (χ2v) is 9.39. The predicted octanol–water partition coefficient (Wildman–Crippen LogP) is 2.14. The van der Waals surface area contributed by atoms with E-state index in [2.05, 4.69) is 37.7 Å². The van der Waals surface area contributed by atoms with E-state index in [1.54, 1.807) is 18.3 Å². The summed E-state index contributed by atoms with van der Waals surface area (Å²) in [6.45, 7) is 4.09. The number of phenols is 1. The van der Waals surface area contributed by atoms with Gasteiger partial charge >= 0.3 is 0 Å². The van der Waals surface area contributed by atoms with Crippen LogP contribution in [0.3, 0.4) is 0 Å². The Morgan fingerprint density at radius 1 is 1.27 bits per heavy atom. The fourth-order valence-electron chi connectivity index (χ4n) is 5.05. The summed E-state index contributed by atoms with van der Waals surface area (Å²) in [7, 11) is 1.82. The topological polar surface area (TPSA) is 129 Å². The molecular weight excluding hydrogens is 425 g/mol. The molecule has 0 unspecified atom stereocenters. The van der Waals surface area contributed by atoms with Crippen LogP contribution in [0.1, 0.15) is 38.8 Å². The van der Waals surface area contributed by atoms with E-state index in [-0.39, 0.29) is 28.8 Å². The molecule has 0 radical (unpaired) electrons. The maximum atomic E-state index is 15.4. The molecule has 2 bridgehead atoms. The van der Waals surface area contributed by atoms with Crippen LogP contribution in [-0.4, -0.2) is 65.6 Å². The summed E-state index contributed by atoms with van der Waals surface area (Å²) in [6.07, 6.45) is 4.38. The number of alkyl halides is 1. The van der Waals surface area contributed by atoms with Crippen LogP contribution in [0.5, 0.6) is 5.75 Å². The highest BCUT2D eigenvalue weighted by molar-refractivity contribution is 5.66. The van der Waals surface area contributed by atoms with Crippen molar-refractivity contribution in [2.75, 3.05) is 11.9 Å². The van der Waals surface area contributed by atoms with Gasteiger partial charge in [0.05, 0.1) is 29.7 Å². The third kappa shape index (κ3) is 3.56. The number of hydrogen-bond acceptors (Lipinski definition) is 9. The number of anilines is 1. The lowest BCUT2D eigenvalue weighted by Gasteiger charge is -2.47. The zero-order valence-corrected chi connectivity index (χ0v) is 18.6. The number of rotatable bonds is 4. The molecule has 2 aromatic heterocycles. The van der Waals surface area contributed by atoms with Gasteiger partial charge in [0.15, 0.2) is 17.3 Å². The summed E-state index contributed by atoms with van der Waals surface area (Å²) in [5.74, 6) is 0.653. The van der Waals surface area contributed by atoms with Gasteiger partial charge in [0.1, 0.15) is 18.0 Å². The molecule has 2 fully saturated rings. The minimum absolute atomic E-state index is 0.0657. The Morgan fingerprint density at radius 3 is 2.76 bits per heavy atom. The summed E-state index contributed by atoms with van der Waals surface area (Å²) < 4.78 is 16.8. The van der Waals surface area contributed by atoms with E-state index in [1.807, 2.05) is 24.9 Å². The number of phenolic OH excluding ortho intramolecular Hbond substituents is 1. The monoisotopic (exact) mass is 449 g/mol. The van der Waals surface area contributed by atoms with Gasteiger partial charge in [0.2, 0.25) is 0 Å². The maximum Gasteiger partial charge on any atom is 0.185 e. The molecule has 4 atom stereocenters. The standard InChI is InChI=1S/C22H24FN9O/c1-21-6-7-22(2,29-21)19(23)16(9-21)31(3)18-11-25-20(28-27-18)15-5-4-14(8-17(15)33)32-12-13(10-24)26-30-32/h4-5,8,11-12,16,19,29,33H,6-7,9H2,1-3H3/t16-,19-,21-,22+/m0/s1. The van der Waals surface area contributed by atoms with Crippen LogP contribution in [0.4, 0.5) is 10.2 Å². The predicted molar refractivity (Wildman–Crippen MR) is 117 cm³/mol. The highest BCUT2D eigenvalue weighted by Crippen LogP contribution is 2.45. The molecule has 0 saturated carbocycles. The maximum absolute atomic E-state index is 15.4. The summed E-state index contributed by atoms with van der Waals surface area (Å²) in [4.78, 5) is 6.18. The van der Waals surface area contributed by atoms with Crippen molar-refractivity contribution >= 4 is 5.82 Å². The molecule has 2 N–H and O–H groups in total. The molecule has 0 amide bonds. The lowest BCUT2D eigenvalue weighted by molar-refractivity contribution is 0.0859. The minimum Gasteiger partial charge on any atom is -0.507 e. The summed E-state index contributed by atoms with van der Waals surface area (Å²) >= 11 is 0. The molecule has 1 aromatic carbocycles. The molecular formula is C22H24FN9O. The average Bonchev–Trinajstić information content (AvgIpc) is 3.39. The van der Waals surface area contributed by atoms with Gasteiger partial charge in [-0.15, -0.1) is 15.3 Å². The third-order valence-electron chi connectivity index (χ3n) is 6.89. The number of fused-ring (bicyclic) bond motifs is 2. The van der Waals surface area contributed by atoms with Crippen LogP contribution in [-0.2, 0) is 0 Å². The molecule has 0 spiro atoms. The Kier molecular flexibility index (Phi) is 4.79. The molecule has 0 aliphatic carbocycles. The highest BCUT2D eigenvalue weighted by atomic mass is 19.1. The number of hydrogen-bond donors (Lipinski definition) is 2. The van der Waals surface area contributed by atoms with Crippen LogP contribution in [0, 0.1) is 11.3 Å². The number of halogens is 1. The first-order valence-corrected chi connectivity index (χ1v) is 10.7. The number of benzene rings is 1. The number of nitriles is 1. The van der Waals surface area contributed by atoms with Gasteiger partial charge in [-0.1, -0.05) is 5.21 Å². The van der Waals surface area contributed by atoms with Gasteiger partial charge in [-0.3, -0.25) is 0 Å². The van der Waals surface area contributed by atoms with Crippen LogP contribution in [0.25, 0.3) is 17.1 Å². The van der Waals surface area contributed by atoms with Crippen molar-refractivity contribution in [2.24, 2.45) is 0 Å². The zero-order valence-electron chi connectivity index (χ0n) is 18.6. The quantitative estimate of drug-likeness (QED) is 0.615. The molecule has 2 aliphatic rings. The first-order valence-electron chi connectivity index (χ1n) is 10.7. The van der Waals surface area contributed by atoms with E-state index in [4.69, 9.17) is 5.26 Å². The first kappa shape index (κ1) is 21.2. The normalized spacial score (nSPS) is 28.5. The first-order chi connectivity index (χ1) is 15.7. The fraction of sp³-hybridized carbons (Fsp3) is 0.455. The van der Waals surface area contributed by atoms with Crippen molar-refractivity contribution < 1.29 is 9.50 Å². The molecule has 10 nitrogen and oxygen atoms in total. The van der Waals surface area contributed by atoms with E-state index < -0.39 is 11.7 Å². The largest absolute Gasteiger partial charge is 0.507 e. The van der Waals surface area contributed by atoms with Crippen LogP contribution in [0.15, 0.2) is 30.6 Å². The Morgan fingerprint density at radius 2 is 2.09 bits per heavy atom. The van der Waals surface area contributed by atoms with E-state index in [0.717, 1.165) is 12.8 Å². The van der Waals surface area contributed by atoms with Crippen molar-refractivity contribution in [3.8, 4) is 28.9 Å². The number of piperidine rings is 1. The Bertz CT molecular complexity index is 1240. The lowest BCUT2D eigenvalue weighted by Crippen LogP contribution is -2.65. The SMILES string of the molecule is CN(c1cnc(-c2ccc(-n3cc(C#N)nn3)cc2O)nn1)[C@H]1C[C@]2(C)CC[C@@](C)(N2)[C@H]1F. The molecule has 2 saturated heterocycles. The van der Waals surface area contributed by atoms with Crippen molar-refractivity contribution in [3.63, 3.8) is 0 Å². The lowest BCUT2D eigenvalue weighted by atomic mass is 9.82. The van der Waals surface area contributed by atoms with Gasteiger partial charge < -0.3 is 15.3 Å². The Balaban J connectivity index is 1.37. The second kappa shape index (κ2) is 7.45. The van der Waals surface area contributed by atoms with Crippen molar-refractivity contribution in [3.05, 3.63) is 36.3 Å². The van der Waals surface area contributed by atoms with Crippen LogP contribution in [0.2, 0.25) is 0 Å². The van der Waals surface area contributed by atoms with Crippen molar-refractivity contribution in [2.45, 2.75) is 56.4 Å². The molecule has 2 aliphatic heterocycles. The van der Waals surface area contributed by atoms with Gasteiger partial charge in [-0.25, -0.2) is 14.1 Å². The van der Waals surface area contributed by atoms with Crippen molar-refractivity contribution in [1.29, 1.82) is 5.26 Å². The van der Waals surface area contributed by atoms with Gasteiger partial charge in [-0.2, -0.15) is 5.26 Å². The van der Waals surface area contributed by atoms with Gasteiger partial charge in [0.25, 0.3) is 0 Å². The number of nitrogens with zero attached hydrogens (tertiary/aromatic N) is 8. The Labute approximate surface area is 190 Å². The summed E-state index contributed by atoms with van der Waals surface area (Å²) in [6, 6.07) is 6.40. The Hall–Kier alpha value is -3.65. The third-order valence-corrected chi connectivity index (χ3v) is 6.89. The van der Waals surface area contributed by atoms with Gasteiger partial charge in [-0.05, 0) is 45.2 Å². The summed E-state index contributed by atoms with van der Waals surface area (Å²) in [5.41, 5.74) is 0.461. The molecule has 33 heavy (non-hydrogen) atoms. The zero-order chi connectivity index (χ0) is 23.4. The number of nitrogens with one attached hydrogen (secondary N) is 1. The van der Waals surface area contributed by atoms with E-state index in [0.29, 0.717) is 23.5 Å². The smallest absolute Gasteiger partial charge is 0.185 e. The second-order valence-electron chi connectivity index (χ2n) is 9.39. The average molecular weight is 449 g/mol. The van der Waals surface area contributed by atoms with Crippen LogP contribution >= 0.6 is 0 Å². The molecule has 4 heterocycles. The number of aromatic hydroxyl groups is 1. The van der Waals surface area contributed by atoms with Crippen molar-refractivity contribution in [1.82, 2.24) is 35.5 Å². The van der Waals surface area contributed by atoms with Crippen LogP contribution < -0.4 is 10.2 Å². The highest BCUT2D eigenvalue weighted by Gasteiger charge is 2.56.